The van der Waals surface area contributed by atoms with Gasteiger partial charge in [-0.15, -0.1) is 0 Å². The van der Waals surface area contributed by atoms with E-state index in [1.54, 1.807) is 7.05 Å². The fourth-order valence-corrected chi connectivity index (χ4v) is 2.17. The molecule has 0 saturated heterocycles. The van der Waals surface area contributed by atoms with Gasteiger partial charge in [0.15, 0.2) is 0 Å². The van der Waals surface area contributed by atoms with E-state index in [2.05, 4.69) is 0 Å². The molecule has 1 unspecified atom stereocenters. The number of rotatable bonds is 9. The number of likely N-dealkylation sites (N-methyl/N-ethyl adjacent to an activating group) is 1. The Morgan fingerprint density at radius 1 is 1.27 bits per heavy atom. The molecule has 0 heterocycles. The fraction of sp³-hybridized carbons (Fsp3) is 0.562. The summed E-state index contributed by atoms with van der Waals surface area (Å²) in [6.07, 6.45) is -0.187. The molecule has 1 aromatic carbocycles. The zero-order valence-corrected chi connectivity index (χ0v) is 13.5. The standard InChI is InChI=1S/C16H24N2O4/c1-12(2)15(10-18(20)21)22-16(13(3)17(4)11-19)14-8-6-5-7-9-14/h5-9,11-13,15-16H,10H2,1-4H3/t13-,15?,16-/m0/s1. The third-order valence-corrected chi connectivity index (χ3v) is 3.77. The Labute approximate surface area is 131 Å². The number of carbonyl (C=O) groups is 1. The molecule has 22 heavy (non-hydrogen) atoms. The summed E-state index contributed by atoms with van der Waals surface area (Å²) < 4.78 is 6.05. The van der Waals surface area contributed by atoms with Gasteiger partial charge in [-0.05, 0) is 18.4 Å². The first-order valence-electron chi connectivity index (χ1n) is 7.36. The van der Waals surface area contributed by atoms with Gasteiger partial charge in [-0.2, -0.15) is 0 Å². The fourth-order valence-electron chi connectivity index (χ4n) is 2.17. The average Bonchev–Trinajstić information content (AvgIpc) is 2.50. The number of hydrogen-bond donors (Lipinski definition) is 0. The minimum absolute atomic E-state index is 0.00495. The number of nitrogens with zero attached hydrogens (tertiary/aromatic N) is 2. The topological polar surface area (TPSA) is 72.7 Å². The summed E-state index contributed by atoms with van der Waals surface area (Å²) in [5.41, 5.74) is 0.901. The monoisotopic (exact) mass is 308 g/mol. The van der Waals surface area contributed by atoms with E-state index in [4.69, 9.17) is 4.74 Å². The largest absolute Gasteiger partial charge is 0.361 e. The van der Waals surface area contributed by atoms with Gasteiger partial charge in [-0.3, -0.25) is 14.9 Å². The maximum Gasteiger partial charge on any atom is 0.229 e. The molecule has 3 atom stereocenters. The van der Waals surface area contributed by atoms with E-state index in [1.807, 2.05) is 51.1 Å². The summed E-state index contributed by atoms with van der Waals surface area (Å²) in [7, 11) is 1.68. The molecule has 0 radical (unpaired) electrons. The van der Waals surface area contributed by atoms with E-state index in [0.717, 1.165) is 12.0 Å². The maximum atomic E-state index is 11.0. The first-order chi connectivity index (χ1) is 10.4. The Morgan fingerprint density at radius 2 is 1.86 bits per heavy atom. The Kier molecular flexibility index (Phi) is 6.98. The van der Waals surface area contributed by atoms with Crippen molar-refractivity contribution in [3.63, 3.8) is 0 Å². The molecular formula is C16H24N2O4. The molecule has 6 heteroatoms. The van der Waals surface area contributed by atoms with Gasteiger partial charge in [0.25, 0.3) is 0 Å². The van der Waals surface area contributed by atoms with Crippen molar-refractivity contribution in [2.24, 2.45) is 5.92 Å². The summed E-state index contributed by atoms with van der Waals surface area (Å²) in [4.78, 5) is 23.0. The number of carbonyl (C=O) groups excluding carboxylic acids is 1. The van der Waals surface area contributed by atoms with Crippen molar-refractivity contribution >= 4 is 6.41 Å². The first kappa shape index (κ1) is 18.1. The van der Waals surface area contributed by atoms with Crippen molar-refractivity contribution in [2.45, 2.75) is 39.0 Å². The lowest BCUT2D eigenvalue weighted by Crippen LogP contribution is -2.39. The van der Waals surface area contributed by atoms with Crippen LogP contribution in [0.1, 0.15) is 32.4 Å². The molecule has 0 N–H and O–H groups in total. The van der Waals surface area contributed by atoms with Gasteiger partial charge in [0, 0.05) is 12.0 Å². The van der Waals surface area contributed by atoms with E-state index in [0.29, 0.717) is 0 Å². The summed E-state index contributed by atoms with van der Waals surface area (Å²) in [6.45, 7) is 5.41. The summed E-state index contributed by atoms with van der Waals surface area (Å²) in [5.74, 6) is 0.00495. The first-order valence-corrected chi connectivity index (χ1v) is 7.36. The molecule has 0 spiro atoms. The van der Waals surface area contributed by atoms with Crippen molar-refractivity contribution in [1.82, 2.24) is 4.90 Å². The molecular weight excluding hydrogens is 284 g/mol. The summed E-state index contributed by atoms with van der Waals surface area (Å²) in [5, 5.41) is 10.9. The highest BCUT2D eigenvalue weighted by molar-refractivity contribution is 5.47. The van der Waals surface area contributed by atoms with Gasteiger partial charge in [0.1, 0.15) is 12.2 Å². The van der Waals surface area contributed by atoms with Crippen LogP contribution < -0.4 is 0 Å². The Bertz CT molecular complexity index is 478. The quantitative estimate of drug-likeness (QED) is 0.399. The number of nitro groups is 1. The maximum absolute atomic E-state index is 11.0. The van der Waals surface area contributed by atoms with Crippen LogP contribution in [0, 0.1) is 16.0 Å². The average molecular weight is 308 g/mol. The van der Waals surface area contributed by atoms with Crippen LogP contribution in [0.4, 0.5) is 0 Å². The van der Waals surface area contributed by atoms with Crippen molar-refractivity contribution in [1.29, 1.82) is 0 Å². The van der Waals surface area contributed by atoms with Gasteiger partial charge in [0.05, 0.1) is 6.04 Å². The number of hydrogen-bond acceptors (Lipinski definition) is 4. The number of ether oxygens (including phenoxy) is 1. The molecule has 0 fully saturated rings. The second-order valence-electron chi connectivity index (χ2n) is 5.78. The SMILES string of the molecule is CC(C)C(C[N+](=O)[O-])O[C@H](c1ccccc1)[C@H](C)N(C)C=O. The van der Waals surface area contributed by atoms with Crippen molar-refractivity contribution in [3.05, 3.63) is 46.0 Å². The Morgan fingerprint density at radius 3 is 2.32 bits per heavy atom. The predicted octanol–water partition coefficient (Wildman–Crippen LogP) is 2.52. The highest BCUT2D eigenvalue weighted by atomic mass is 16.6. The third kappa shape index (κ3) is 5.11. The van der Waals surface area contributed by atoms with Crippen molar-refractivity contribution in [2.75, 3.05) is 13.6 Å². The normalized spacial score (nSPS) is 15.1. The zero-order chi connectivity index (χ0) is 16.7. The Balaban J connectivity index is 3.03. The molecule has 0 bridgehead atoms. The molecule has 0 aliphatic heterocycles. The molecule has 122 valence electrons. The third-order valence-electron chi connectivity index (χ3n) is 3.77. The lowest BCUT2D eigenvalue weighted by Gasteiger charge is -2.33. The second kappa shape index (κ2) is 8.48. The van der Waals surface area contributed by atoms with Gasteiger partial charge in [-0.25, -0.2) is 0 Å². The second-order valence-corrected chi connectivity index (χ2v) is 5.78. The smallest absolute Gasteiger partial charge is 0.229 e. The Hall–Kier alpha value is -1.95. The van der Waals surface area contributed by atoms with Crippen LogP contribution in [0.5, 0.6) is 0 Å². The van der Waals surface area contributed by atoms with Crippen LogP contribution in [0.2, 0.25) is 0 Å². The molecule has 0 aliphatic rings. The molecule has 1 aromatic rings. The van der Waals surface area contributed by atoms with E-state index in [9.17, 15) is 14.9 Å². The van der Waals surface area contributed by atoms with Gasteiger partial charge in [0.2, 0.25) is 13.0 Å². The highest BCUT2D eigenvalue weighted by Crippen LogP contribution is 2.27. The van der Waals surface area contributed by atoms with Crippen molar-refractivity contribution in [3.8, 4) is 0 Å². The van der Waals surface area contributed by atoms with Crippen LogP contribution in [0.15, 0.2) is 30.3 Å². The summed E-state index contributed by atoms with van der Waals surface area (Å²) >= 11 is 0. The van der Waals surface area contributed by atoms with E-state index in [1.165, 1.54) is 4.90 Å². The van der Waals surface area contributed by atoms with Gasteiger partial charge in [-0.1, -0.05) is 44.2 Å². The minimum Gasteiger partial charge on any atom is -0.361 e. The molecule has 0 aromatic heterocycles. The number of benzene rings is 1. The number of amides is 1. The van der Waals surface area contributed by atoms with Gasteiger partial charge >= 0.3 is 0 Å². The van der Waals surface area contributed by atoms with Crippen LogP contribution >= 0.6 is 0 Å². The zero-order valence-electron chi connectivity index (χ0n) is 13.5. The van der Waals surface area contributed by atoms with Crippen LogP contribution in [0.25, 0.3) is 0 Å². The molecule has 1 rings (SSSR count). The minimum atomic E-state index is -0.511. The summed E-state index contributed by atoms with van der Waals surface area (Å²) in [6, 6.07) is 9.25. The predicted molar refractivity (Wildman–Crippen MR) is 84.0 cm³/mol. The van der Waals surface area contributed by atoms with E-state index < -0.39 is 12.2 Å². The van der Waals surface area contributed by atoms with E-state index in [-0.39, 0.29) is 23.4 Å². The van der Waals surface area contributed by atoms with Crippen LogP contribution in [0.3, 0.4) is 0 Å². The molecule has 1 amide bonds. The highest BCUT2D eigenvalue weighted by Gasteiger charge is 2.30. The lowest BCUT2D eigenvalue weighted by atomic mass is 10.0. The van der Waals surface area contributed by atoms with Crippen LogP contribution in [-0.2, 0) is 9.53 Å². The molecule has 0 saturated carbocycles. The molecule has 0 aliphatic carbocycles. The lowest BCUT2D eigenvalue weighted by molar-refractivity contribution is -0.494. The van der Waals surface area contributed by atoms with Crippen LogP contribution in [-0.4, -0.2) is 42.0 Å². The van der Waals surface area contributed by atoms with E-state index >= 15 is 0 Å². The van der Waals surface area contributed by atoms with Crippen molar-refractivity contribution < 1.29 is 14.5 Å². The molecule has 6 nitrogen and oxygen atoms in total. The van der Waals surface area contributed by atoms with Gasteiger partial charge < -0.3 is 9.64 Å².